The van der Waals surface area contributed by atoms with E-state index < -0.39 is 0 Å². The molecule has 0 aromatic heterocycles. The van der Waals surface area contributed by atoms with Gasteiger partial charge in [-0.05, 0) is 55.9 Å². The molecule has 1 unspecified atom stereocenters. The number of aryl methyl sites for hydroxylation is 1. The summed E-state index contributed by atoms with van der Waals surface area (Å²) >= 11 is 3.53. The van der Waals surface area contributed by atoms with Gasteiger partial charge in [-0.2, -0.15) is 0 Å². The first kappa shape index (κ1) is 16.5. The highest BCUT2D eigenvalue weighted by Gasteiger charge is 2.06. The van der Waals surface area contributed by atoms with Crippen molar-refractivity contribution in [2.45, 2.75) is 58.4 Å². The number of halogens is 1. The van der Waals surface area contributed by atoms with E-state index in [0.29, 0.717) is 6.04 Å². The summed E-state index contributed by atoms with van der Waals surface area (Å²) in [4.78, 5) is 0. The van der Waals surface area contributed by atoms with Crippen LogP contribution in [-0.2, 0) is 6.42 Å². The lowest BCUT2D eigenvalue weighted by molar-refractivity contribution is 0.313. The molecule has 0 radical (unpaired) electrons. The SMILES string of the molecule is CCCOc1ccc(Br)cc1CCCC(N)CCC. The van der Waals surface area contributed by atoms with Gasteiger partial charge in [-0.25, -0.2) is 0 Å². The first-order valence-electron chi connectivity index (χ1n) is 7.34. The van der Waals surface area contributed by atoms with Gasteiger partial charge < -0.3 is 10.5 Å². The molecule has 3 heteroatoms. The zero-order chi connectivity index (χ0) is 14.1. The number of benzene rings is 1. The van der Waals surface area contributed by atoms with Crippen LogP contribution in [0.5, 0.6) is 5.75 Å². The van der Waals surface area contributed by atoms with Gasteiger partial charge >= 0.3 is 0 Å². The van der Waals surface area contributed by atoms with Gasteiger partial charge in [0.15, 0.2) is 0 Å². The van der Waals surface area contributed by atoms with E-state index in [1.165, 1.54) is 12.0 Å². The Kier molecular flexibility index (Phi) is 8.15. The van der Waals surface area contributed by atoms with Crippen LogP contribution in [-0.4, -0.2) is 12.6 Å². The van der Waals surface area contributed by atoms with Crippen molar-refractivity contribution in [3.8, 4) is 5.75 Å². The van der Waals surface area contributed by atoms with Crippen LogP contribution in [0.4, 0.5) is 0 Å². The predicted octanol–water partition coefficient (Wildman–Crippen LogP) is 4.69. The molecule has 108 valence electrons. The first-order chi connectivity index (χ1) is 9.17. The summed E-state index contributed by atoms with van der Waals surface area (Å²) in [7, 11) is 0. The van der Waals surface area contributed by atoms with Gasteiger partial charge in [0.2, 0.25) is 0 Å². The van der Waals surface area contributed by atoms with Gasteiger partial charge in [-0.1, -0.05) is 36.2 Å². The molecule has 2 nitrogen and oxygen atoms in total. The standard InChI is InChI=1S/C16H26BrNO/c1-3-6-15(18)8-5-7-13-12-14(17)9-10-16(13)19-11-4-2/h9-10,12,15H,3-8,11,18H2,1-2H3. The molecule has 0 aliphatic heterocycles. The zero-order valence-electron chi connectivity index (χ0n) is 12.1. The Morgan fingerprint density at radius 2 is 2.00 bits per heavy atom. The molecule has 0 heterocycles. The van der Waals surface area contributed by atoms with E-state index in [9.17, 15) is 0 Å². The van der Waals surface area contributed by atoms with Crippen molar-refractivity contribution in [1.82, 2.24) is 0 Å². The lowest BCUT2D eigenvalue weighted by Crippen LogP contribution is -2.19. The van der Waals surface area contributed by atoms with Crippen molar-refractivity contribution in [1.29, 1.82) is 0 Å². The average molecular weight is 328 g/mol. The minimum absolute atomic E-state index is 0.345. The second-order valence-corrected chi connectivity index (χ2v) is 5.96. The van der Waals surface area contributed by atoms with Gasteiger partial charge in [0, 0.05) is 10.5 Å². The minimum Gasteiger partial charge on any atom is -0.493 e. The van der Waals surface area contributed by atoms with Crippen LogP contribution in [0, 0.1) is 0 Å². The molecule has 1 atom stereocenters. The van der Waals surface area contributed by atoms with Crippen LogP contribution in [0.1, 0.15) is 51.5 Å². The summed E-state index contributed by atoms with van der Waals surface area (Å²) in [5.41, 5.74) is 7.34. The second-order valence-electron chi connectivity index (χ2n) is 5.04. The monoisotopic (exact) mass is 327 g/mol. The molecular formula is C16H26BrNO. The Labute approximate surface area is 125 Å². The predicted molar refractivity (Wildman–Crippen MR) is 85.7 cm³/mol. The van der Waals surface area contributed by atoms with Gasteiger partial charge in [-0.3, -0.25) is 0 Å². The number of rotatable bonds is 9. The molecule has 0 amide bonds. The number of ether oxygens (including phenoxy) is 1. The topological polar surface area (TPSA) is 35.2 Å². The number of hydrogen-bond acceptors (Lipinski definition) is 2. The molecule has 0 aliphatic rings. The lowest BCUT2D eigenvalue weighted by atomic mass is 10.0. The lowest BCUT2D eigenvalue weighted by Gasteiger charge is -2.13. The molecule has 19 heavy (non-hydrogen) atoms. The van der Waals surface area contributed by atoms with Crippen molar-refractivity contribution in [2.75, 3.05) is 6.61 Å². The summed E-state index contributed by atoms with van der Waals surface area (Å²) < 4.78 is 6.91. The fourth-order valence-electron chi connectivity index (χ4n) is 2.17. The van der Waals surface area contributed by atoms with Crippen molar-refractivity contribution >= 4 is 15.9 Å². The number of hydrogen-bond donors (Lipinski definition) is 1. The summed E-state index contributed by atoms with van der Waals surface area (Å²) in [6.07, 6.45) is 6.58. The van der Waals surface area contributed by atoms with Crippen molar-refractivity contribution in [3.63, 3.8) is 0 Å². The van der Waals surface area contributed by atoms with E-state index in [0.717, 1.165) is 48.9 Å². The van der Waals surface area contributed by atoms with Crippen molar-refractivity contribution < 1.29 is 4.74 Å². The van der Waals surface area contributed by atoms with E-state index >= 15 is 0 Å². The van der Waals surface area contributed by atoms with Crippen molar-refractivity contribution in [2.24, 2.45) is 5.73 Å². The highest BCUT2D eigenvalue weighted by atomic mass is 79.9. The van der Waals surface area contributed by atoms with Gasteiger partial charge in [0.1, 0.15) is 5.75 Å². The summed E-state index contributed by atoms with van der Waals surface area (Å²) in [6, 6.07) is 6.60. The molecule has 0 bridgehead atoms. The van der Waals surface area contributed by atoms with E-state index in [1.54, 1.807) is 0 Å². The van der Waals surface area contributed by atoms with Crippen LogP contribution in [0.3, 0.4) is 0 Å². The van der Waals surface area contributed by atoms with Crippen LogP contribution in [0.25, 0.3) is 0 Å². The molecule has 0 fully saturated rings. The molecule has 0 spiro atoms. The maximum atomic E-state index is 6.06. The Bertz CT molecular complexity index is 368. The Balaban J connectivity index is 2.52. The smallest absolute Gasteiger partial charge is 0.122 e. The minimum atomic E-state index is 0.345. The van der Waals surface area contributed by atoms with E-state index in [1.807, 2.05) is 6.07 Å². The van der Waals surface area contributed by atoms with Crippen molar-refractivity contribution in [3.05, 3.63) is 28.2 Å². The number of nitrogens with two attached hydrogens (primary N) is 1. The first-order valence-corrected chi connectivity index (χ1v) is 8.13. The quantitative estimate of drug-likeness (QED) is 0.714. The van der Waals surface area contributed by atoms with E-state index in [4.69, 9.17) is 10.5 Å². The van der Waals surface area contributed by atoms with Crippen LogP contribution in [0.2, 0.25) is 0 Å². The Morgan fingerprint density at radius 3 is 2.68 bits per heavy atom. The van der Waals surface area contributed by atoms with Gasteiger partial charge in [-0.15, -0.1) is 0 Å². The van der Waals surface area contributed by atoms with Gasteiger partial charge in [0.25, 0.3) is 0 Å². The van der Waals surface area contributed by atoms with Crippen LogP contribution < -0.4 is 10.5 Å². The molecule has 1 aromatic carbocycles. The molecule has 1 rings (SSSR count). The normalized spacial score (nSPS) is 12.4. The maximum Gasteiger partial charge on any atom is 0.122 e. The average Bonchev–Trinajstić information content (AvgIpc) is 2.38. The molecule has 0 aliphatic carbocycles. The molecule has 0 saturated carbocycles. The molecule has 1 aromatic rings. The van der Waals surface area contributed by atoms with Gasteiger partial charge in [0.05, 0.1) is 6.61 Å². The Hall–Kier alpha value is -0.540. The third-order valence-corrected chi connectivity index (χ3v) is 3.66. The summed E-state index contributed by atoms with van der Waals surface area (Å²) in [5, 5.41) is 0. The second kappa shape index (κ2) is 9.38. The third kappa shape index (κ3) is 6.44. The van der Waals surface area contributed by atoms with Crippen LogP contribution >= 0.6 is 15.9 Å². The fourth-order valence-corrected chi connectivity index (χ4v) is 2.57. The molecule has 2 N–H and O–H groups in total. The van der Waals surface area contributed by atoms with E-state index in [-0.39, 0.29) is 0 Å². The highest BCUT2D eigenvalue weighted by Crippen LogP contribution is 2.25. The Morgan fingerprint density at radius 1 is 1.21 bits per heavy atom. The third-order valence-electron chi connectivity index (χ3n) is 3.16. The highest BCUT2D eigenvalue weighted by molar-refractivity contribution is 9.10. The van der Waals surface area contributed by atoms with Crippen LogP contribution in [0.15, 0.2) is 22.7 Å². The maximum absolute atomic E-state index is 6.06. The molecule has 0 saturated heterocycles. The largest absolute Gasteiger partial charge is 0.493 e. The zero-order valence-corrected chi connectivity index (χ0v) is 13.7. The summed E-state index contributed by atoms with van der Waals surface area (Å²) in [5.74, 6) is 1.02. The van der Waals surface area contributed by atoms with E-state index in [2.05, 4.69) is 41.9 Å². The summed E-state index contributed by atoms with van der Waals surface area (Å²) in [6.45, 7) is 5.09. The molecular weight excluding hydrogens is 302 g/mol. The fraction of sp³-hybridized carbons (Fsp3) is 0.625.